The van der Waals surface area contributed by atoms with Crippen molar-refractivity contribution in [3.63, 3.8) is 0 Å². The Kier molecular flexibility index (Phi) is 2.04. The predicted octanol–water partition coefficient (Wildman–Crippen LogP) is 1.42. The summed E-state index contributed by atoms with van der Waals surface area (Å²) in [4.78, 5) is 12.3. The van der Waals surface area contributed by atoms with Crippen LogP contribution in [0.5, 0.6) is 6.01 Å². The number of hydrogen-bond donors (Lipinski definition) is 0. The first-order chi connectivity index (χ1) is 6.40. The molecule has 0 saturated heterocycles. The minimum absolute atomic E-state index is 0.406. The number of nitrogens with zero attached hydrogens (tertiary/aromatic N) is 3. The van der Waals surface area contributed by atoms with Crippen LogP contribution in [0.1, 0.15) is 6.92 Å². The van der Waals surface area contributed by atoms with Crippen molar-refractivity contribution in [3.8, 4) is 6.01 Å². The maximum absolute atomic E-state index is 5.16. The molecule has 0 saturated carbocycles. The lowest BCUT2D eigenvalue weighted by Gasteiger charge is -2.00. The lowest BCUT2D eigenvalue weighted by atomic mass is 10.4. The van der Waals surface area contributed by atoms with Crippen LogP contribution >= 0.6 is 0 Å². The second-order valence-electron chi connectivity index (χ2n) is 2.49. The van der Waals surface area contributed by atoms with Gasteiger partial charge in [0, 0.05) is 6.20 Å². The number of hydrogen-bond acceptors (Lipinski definition) is 4. The zero-order valence-electron chi connectivity index (χ0n) is 7.27. The molecular formula is C9H9N3O. The molecule has 0 fully saturated rings. The van der Waals surface area contributed by atoms with E-state index in [1.54, 1.807) is 12.4 Å². The van der Waals surface area contributed by atoms with Crippen LogP contribution in [-0.2, 0) is 0 Å². The second-order valence-corrected chi connectivity index (χ2v) is 2.49. The Labute approximate surface area is 75.6 Å². The molecule has 0 unspecified atom stereocenters. The highest BCUT2D eigenvalue weighted by molar-refractivity contribution is 5.72. The normalized spacial score (nSPS) is 10.2. The number of pyridine rings is 1. The average molecular weight is 175 g/mol. The molecule has 2 aromatic heterocycles. The average Bonchev–Trinajstić information content (AvgIpc) is 2.18. The van der Waals surface area contributed by atoms with E-state index in [-0.39, 0.29) is 0 Å². The minimum Gasteiger partial charge on any atom is -0.464 e. The topological polar surface area (TPSA) is 47.9 Å². The molecule has 0 bridgehead atoms. The molecule has 0 atom stereocenters. The number of rotatable bonds is 2. The van der Waals surface area contributed by atoms with Gasteiger partial charge in [-0.05, 0) is 19.1 Å². The van der Waals surface area contributed by atoms with E-state index in [9.17, 15) is 0 Å². The molecule has 4 heteroatoms. The summed E-state index contributed by atoms with van der Waals surface area (Å²) in [5, 5.41) is 0. The molecule has 0 aromatic carbocycles. The maximum Gasteiger partial charge on any atom is 0.317 e. The Bertz CT molecular complexity index is 416. The van der Waals surface area contributed by atoms with Gasteiger partial charge in [-0.2, -0.15) is 4.98 Å². The van der Waals surface area contributed by atoms with Crippen molar-refractivity contribution >= 4 is 11.0 Å². The van der Waals surface area contributed by atoms with Gasteiger partial charge in [0.15, 0.2) is 0 Å². The van der Waals surface area contributed by atoms with Crippen molar-refractivity contribution in [2.24, 2.45) is 0 Å². The van der Waals surface area contributed by atoms with Gasteiger partial charge in [-0.25, -0.2) is 4.98 Å². The molecule has 2 aromatic rings. The molecule has 2 rings (SSSR count). The van der Waals surface area contributed by atoms with E-state index in [1.807, 2.05) is 19.1 Å². The monoisotopic (exact) mass is 175 g/mol. The van der Waals surface area contributed by atoms with Crippen LogP contribution in [0.4, 0.5) is 0 Å². The van der Waals surface area contributed by atoms with Gasteiger partial charge in [-0.1, -0.05) is 0 Å². The molecule has 0 N–H and O–H groups in total. The summed E-state index contributed by atoms with van der Waals surface area (Å²) < 4.78 is 5.16. The van der Waals surface area contributed by atoms with Crippen LogP contribution in [0.2, 0.25) is 0 Å². The SMILES string of the molecule is CCOc1ncc2ncccc2n1. The van der Waals surface area contributed by atoms with Gasteiger partial charge in [0.05, 0.1) is 18.3 Å². The standard InChI is InChI=1S/C9H9N3O/c1-2-13-9-11-6-8-7(12-9)4-3-5-10-8/h3-6H,2H2,1H3. The largest absolute Gasteiger partial charge is 0.464 e. The van der Waals surface area contributed by atoms with Crippen LogP contribution in [0.3, 0.4) is 0 Å². The van der Waals surface area contributed by atoms with Crippen LogP contribution in [0.25, 0.3) is 11.0 Å². The molecular weight excluding hydrogens is 166 g/mol. The van der Waals surface area contributed by atoms with Crippen LogP contribution in [0.15, 0.2) is 24.5 Å². The van der Waals surface area contributed by atoms with Gasteiger partial charge >= 0.3 is 6.01 Å². The molecule has 0 aliphatic heterocycles. The first kappa shape index (κ1) is 7.91. The fourth-order valence-corrected chi connectivity index (χ4v) is 1.05. The van der Waals surface area contributed by atoms with Crippen molar-refractivity contribution in [3.05, 3.63) is 24.5 Å². The third-order valence-electron chi connectivity index (χ3n) is 1.60. The Hall–Kier alpha value is -1.71. The van der Waals surface area contributed by atoms with Gasteiger partial charge in [-0.3, -0.25) is 4.98 Å². The Balaban J connectivity index is 2.49. The molecule has 0 aliphatic rings. The summed E-state index contributed by atoms with van der Waals surface area (Å²) in [6, 6.07) is 4.13. The Morgan fingerprint density at radius 3 is 3.08 bits per heavy atom. The number of ether oxygens (including phenoxy) is 1. The van der Waals surface area contributed by atoms with Crippen molar-refractivity contribution < 1.29 is 4.74 Å². The molecule has 66 valence electrons. The maximum atomic E-state index is 5.16. The first-order valence-corrected chi connectivity index (χ1v) is 4.10. The third-order valence-corrected chi connectivity index (χ3v) is 1.60. The molecule has 0 spiro atoms. The van der Waals surface area contributed by atoms with E-state index < -0.39 is 0 Å². The summed E-state index contributed by atoms with van der Waals surface area (Å²) in [6.07, 6.45) is 3.37. The van der Waals surface area contributed by atoms with Gasteiger partial charge in [0.1, 0.15) is 5.52 Å². The molecule has 0 radical (unpaired) electrons. The smallest absolute Gasteiger partial charge is 0.317 e. The highest BCUT2D eigenvalue weighted by atomic mass is 16.5. The van der Waals surface area contributed by atoms with Crippen molar-refractivity contribution in [2.45, 2.75) is 6.92 Å². The molecule has 0 aliphatic carbocycles. The summed E-state index contributed by atoms with van der Waals surface area (Å²) in [5.74, 6) is 0. The molecule has 0 amide bonds. The van der Waals surface area contributed by atoms with E-state index in [0.29, 0.717) is 12.6 Å². The second kappa shape index (κ2) is 3.35. The zero-order valence-corrected chi connectivity index (χ0v) is 7.27. The van der Waals surface area contributed by atoms with E-state index >= 15 is 0 Å². The van der Waals surface area contributed by atoms with E-state index in [2.05, 4.69) is 15.0 Å². The van der Waals surface area contributed by atoms with Crippen LogP contribution < -0.4 is 4.74 Å². The third kappa shape index (κ3) is 1.56. The Morgan fingerprint density at radius 2 is 2.23 bits per heavy atom. The van der Waals surface area contributed by atoms with Crippen molar-refractivity contribution in [1.82, 2.24) is 15.0 Å². The van der Waals surface area contributed by atoms with Gasteiger partial charge < -0.3 is 4.74 Å². The van der Waals surface area contributed by atoms with Gasteiger partial charge in [0.2, 0.25) is 0 Å². The first-order valence-electron chi connectivity index (χ1n) is 4.10. The van der Waals surface area contributed by atoms with Gasteiger partial charge in [-0.15, -0.1) is 0 Å². The lowest BCUT2D eigenvalue weighted by Crippen LogP contribution is -1.97. The van der Waals surface area contributed by atoms with E-state index in [0.717, 1.165) is 11.0 Å². The summed E-state index contributed by atoms with van der Waals surface area (Å²) in [6.45, 7) is 2.47. The van der Waals surface area contributed by atoms with Crippen molar-refractivity contribution in [2.75, 3.05) is 6.61 Å². The quantitative estimate of drug-likeness (QED) is 0.692. The predicted molar refractivity (Wildman–Crippen MR) is 48.5 cm³/mol. The zero-order chi connectivity index (χ0) is 9.10. The molecule has 4 nitrogen and oxygen atoms in total. The fraction of sp³-hybridized carbons (Fsp3) is 0.222. The van der Waals surface area contributed by atoms with Gasteiger partial charge in [0.25, 0.3) is 0 Å². The van der Waals surface area contributed by atoms with Crippen LogP contribution in [-0.4, -0.2) is 21.6 Å². The highest BCUT2D eigenvalue weighted by Crippen LogP contribution is 2.09. The molecule has 2 heterocycles. The Morgan fingerprint density at radius 1 is 1.31 bits per heavy atom. The minimum atomic E-state index is 0.406. The summed E-state index contributed by atoms with van der Waals surface area (Å²) in [5.41, 5.74) is 1.59. The number of aromatic nitrogens is 3. The van der Waals surface area contributed by atoms with Crippen molar-refractivity contribution in [1.29, 1.82) is 0 Å². The molecule has 13 heavy (non-hydrogen) atoms. The van der Waals surface area contributed by atoms with E-state index in [4.69, 9.17) is 4.74 Å². The highest BCUT2D eigenvalue weighted by Gasteiger charge is 1.98. The fourth-order valence-electron chi connectivity index (χ4n) is 1.05. The number of fused-ring (bicyclic) bond motifs is 1. The lowest BCUT2D eigenvalue weighted by molar-refractivity contribution is 0.314. The van der Waals surface area contributed by atoms with Crippen LogP contribution in [0, 0.1) is 0 Å². The summed E-state index contributed by atoms with van der Waals surface area (Å²) >= 11 is 0. The van der Waals surface area contributed by atoms with E-state index in [1.165, 1.54) is 0 Å². The summed E-state index contributed by atoms with van der Waals surface area (Å²) in [7, 11) is 0.